The minimum atomic E-state index is -0.571. The Morgan fingerprint density at radius 1 is 1.17 bits per heavy atom. The number of amides is 1. The van der Waals surface area contributed by atoms with Crippen molar-refractivity contribution in [2.75, 3.05) is 11.9 Å². The molecule has 1 amide bonds. The number of carbonyl (C=O) groups is 2. The molecule has 0 spiro atoms. The van der Waals surface area contributed by atoms with E-state index in [9.17, 15) is 14.0 Å². The molecule has 0 bridgehead atoms. The summed E-state index contributed by atoms with van der Waals surface area (Å²) in [7, 11) is 0. The van der Waals surface area contributed by atoms with Crippen LogP contribution in [0.15, 0.2) is 53.9 Å². The molecular weight excluding hydrogens is 448 g/mol. The van der Waals surface area contributed by atoms with Gasteiger partial charge in [0.15, 0.2) is 0 Å². The van der Waals surface area contributed by atoms with Crippen molar-refractivity contribution in [2.24, 2.45) is 0 Å². The van der Waals surface area contributed by atoms with Crippen LogP contribution in [0.2, 0.25) is 10.0 Å². The molecule has 0 radical (unpaired) electrons. The van der Waals surface area contributed by atoms with Gasteiger partial charge in [0.05, 0.1) is 6.61 Å². The van der Waals surface area contributed by atoms with Crippen molar-refractivity contribution in [1.29, 1.82) is 0 Å². The van der Waals surface area contributed by atoms with Crippen LogP contribution >= 0.6 is 34.5 Å². The van der Waals surface area contributed by atoms with Gasteiger partial charge in [-0.05, 0) is 48.4 Å². The van der Waals surface area contributed by atoms with Crippen molar-refractivity contribution in [3.63, 3.8) is 0 Å². The number of nitrogens with one attached hydrogen (secondary N) is 1. The zero-order valence-electron chi connectivity index (χ0n) is 15.7. The van der Waals surface area contributed by atoms with E-state index >= 15 is 0 Å². The molecule has 1 aromatic heterocycles. The zero-order valence-corrected chi connectivity index (χ0v) is 18.1. The van der Waals surface area contributed by atoms with Gasteiger partial charge in [-0.1, -0.05) is 41.4 Å². The van der Waals surface area contributed by atoms with Crippen molar-refractivity contribution >= 4 is 57.5 Å². The Kier molecular flexibility index (Phi) is 7.26. The molecule has 30 heavy (non-hydrogen) atoms. The number of hydrogen-bond acceptors (Lipinski definition) is 4. The average molecular weight is 464 g/mol. The Hall–Kier alpha value is -2.67. The fourth-order valence-corrected chi connectivity index (χ4v) is 4.09. The Balaban J connectivity index is 1.87. The predicted octanol–water partition coefficient (Wildman–Crippen LogP) is 6.69. The SMILES string of the molecule is CCOC(=O)c1c(-c2ccc(F)cc2)csc1NC(=O)C=Cc1ccc(Cl)cc1Cl. The molecule has 0 unspecified atom stereocenters. The highest BCUT2D eigenvalue weighted by atomic mass is 35.5. The molecule has 1 heterocycles. The Morgan fingerprint density at radius 2 is 1.90 bits per heavy atom. The number of anilines is 1. The first-order valence-electron chi connectivity index (χ1n) is 8.87. The van der Waals surface area contributed by atoms with Crippen molar-refractivity contribution in [1.82, 2.24) is 0 Å². The maximum atomic E-state index is 13.3. The van der Waals surface area contributed by atoms with Crippen LogP contribution in [0.1, 0.15) is 22.8 Å². The van der Waals surface area contributed by atoms with Gasteiger partial charge in [-0.3, -0.25) is 4.79 Å². The quantitative estimate of drug-likeness (QED) is 0.327. The first-order valence-corrected chi connectivity index (χ1v) is 10.5. The van der Waals surface area contributed by atoms with E-state index in [2.05, 4.69) is 5.32 Å². The first-order chi connectivity index (χ1) is 14.4. The predicted molar refractivity (Wildman–Crippen MR) is 120 cm³/mol. The van der Waals surface area contributed by atoms with Crippen molar-refractivity contribution in [3.05, 3.63) is 80.9 Å². The molecule has 0 fully saturated rings. The Morgan fingerprint density at radius 3 is 2.57 bits per heavy atom. The summed E-state index contributed by atoms with van der Waals surface area (Å²) in [5.41, 5.74) is 2.04. The molecule has 3 rings (SSSR count). The van der Waals surface area contributed by atoms with Crippen LogP contribution in [-0.2, 0) is 9.53 Å². The van der Waals surface area contributed by atoms with Gasteiger partial charge in [0.1, 0.15) is 16.4 Å². The Labute approximate surface area is 186 Å². The molecule has 2 aromatic carbocycles. The maximum absolute atomic E-state index is 13.3. The molecule has 0 saturated carbocycles. The summed E-state index contributed by atoms with van der Waals surface area (Å²) in [5, 5.41) is 5.66. The van der Waals surface area contributed by atoms with E-state index in [-0.39, 0.29) is 18.0 Å². The lowest BCUT2D eigenvalue weighted by atomic mass is 10.0. The van der Waals surface area contributed by atoms with E-state index in [1.54, 1.807) is 48.7 Å². The third-order valence-corrected chi connectivity index (χ3v) is 5.50. The van der Waals surface area contributed by atoms with E-state index in [1.165, 1.54) is 29.5 Å². The topological polar surface area (TPSA) is 55.4 Å². The second kappa shape index (κ2) is 9.89. The number of ether oxygens (including phenoxy) is 1. The van der Waals surface area contributed by atoms with Gasteiger partial charge in [0.2, 0.25) is 5.91 Å². The fourth-order valence-electron chi connectivity index (χ4n) is 2.65. The van der Waals surface area contributed by atoms with E-state index < -0.39 is 11.9 Å². The van der Waals surface area contributed by atoms with E-state index in [0.717, 1.165) is 0 Å². The summed E-state index contributed by atoms with van der Waals surface area (Å²) < 4.78 is 18.4. The van der Waals surface area contributed by atoms with E-state index in [4.69, 9.17) is 27.9 Å². The van der Waals surface area contributed by atoms with Crippen LogP contribution in [0.5, 0.6) is 0 Å². The molecule has 0 atom stereocenters. The monoisotopic (exact) mass is 463 g/mol. The van der Waals surface area contributed by atoms with Crippen LogP contribution in [0.25, 0.3) is 17.2 Å². The molecular formula is C22H16Cl2FNO3S. The van der Waals surface area contributed by atoms with Crippen LogP contribution < -0.4 is 5.32 Å². The number of benzene rings is 2. The smallest absolute Gasteiger partial charge is 0.341 e. The van der Waals surface area contributed by atoms with Crippen LogP contribution in [-0.4, -0.2) is 18.5 Å². The van der Waals surface area contributed by atoms with Gasteiger partial charge in [-0.25, -0.2) is 9.18 Å². The Bertz CT molecular complexity index is 1110. The lowest BCUT2D eigenvalue weighted by Crippen LogP contribution is -2.12. The molecule has 3 aromatic rings. The number of esters is 1. The lowest BCUT2D eigenvalue weighted by molar-refractivity contribution is -0.111. The second-order valence-corrected chi connectivity index (χ2v) is 7.79. The number of rotatable bonds is 6. The van der Waals surface area contributed by atoms with Crippen LogP contribution in [0.3, 0.4) is 0 Å². The van der Waals surface area contributed by atoms with Gasteiger partial charge in [0, 0.05) is 27.1 Å². The summed E-state index contributed by atoms with van der Waals surface area (Å²) >= 11 is 13.2. The zero-order chi connectivity index (χ0) is 21.7. The van der Waals surface area contributed by atoms with Crippen molar-refractivity contribution in [2.45, 2.75) is 6.92 Å². The van der Waals surface area contributed by atoms with Gasteiger partial charge in [0.25, 0.3) is 0 Å². The van der Waals surface area contributed by atoms with Crippen molar-refractivity contribution < 1.29 is 18.7 Å². The fraction of sp³-hybridized carbons (Fsp3) is 0.0909. The van der Waals surface area contributed by atoms with Crippen molar-refractivity contribution in [3.8, 4) is 11.1 Å². The number of hydrogen-bond donors (Lipinski definition) is 1. The average Bonchev–Trinajstić information content (AvgIpc) is 3.11. The minimum absolute atomic E-state index is 0.180. The number of thiophene rings is 1. The molecule has 0 aliphatic rings. The van der Waals surface area contributed by atoms with Gasteiger partial charge >= 0.3 is 5.97 Å². The number of halogens is 3. The van der Waals surface area contributed by atoms with E-state index in [0.29, 0.717) is 31.7 Å². The summed E-state index contributed by atoms with van der Waals surface area (Å²) in [5.74, 6) is -1.40. The maximum Gasteiger partial charge on any atom is 0.341 e. The molecule has 4 nitrogen and oxygen atoms in total. The molecule has 154 valence electrons. The van der Waals surface area contributed by atoms with Gasteiger partial charge < -0.3 is 10.1 Å². The molecule has 0 aliphatic carbocycles. The van der Waals surface area contributed by atoms with Crippen LogP contribution in [0, 0.1) is 5.82 Å². The standard InChI is InChI=1S/C22H16Cl2FNO3S/c1-2-29-22(28)20-17(13-4-8-16(25)9-5-13)12-30-21(20)26-19(27)10-6-14-3-7-15(23)11-18(14)24/h3-12H,2H2,1H3,(H,26,27). The second-order valence-electron chi connectivity index (χ2n) is 6.07. The highest BCUT2D eigenvalue weighted by Gasteiger charge is 2.22. The van der Waals surface area contributed by atoms with Gasteiger partial charge in [-0.2, -0.15) is 0 Å². The number of carbonyl (C=O) groups excluding carboxylic acids is 2. The van der Waals surface area contributed by atoms with Gasteiger partial charge in [-0.15, -0.1) is 11.3 Å². The first kappa shape index (κ1) is 22.0. The summed E-state index contributed by atoms with van der Waals surface area (Å²) in [6.07, 6.45) is 2.86. The summed E-state index contributed by atoms with van der Waals surface area (Å²) in [6, 6.07) is 10.7. The normalized spacial score (nSPS) is 10.9. The van der Waals surface area contributed by atoms with Crippen LogP contribution in [0.4, 0.5) is 9.39 Å². The molecule has 1 N–H and O–H groups in total. The highest BCUT2D eigenvalue weighted by Crippen LogP contribution is 2.36. The molecule has 8 heteroatoms. The highest BCUT2D eigenvalue weighted by molar-refractivity contribution is 7.15. The molecule has 0 aliphatic heterocycles. The molecule has 0 saturated heterocycles. The largest absolute Gasteiger partial charge is 0.462 e. The van der Waals surface area contributed by atoms with E-state index in [1.807, 2.05) is 0 Å². The lowest BCUT2D eigenvalue weighted by Gasteiger charge is -2.08. The summed E-state index contributed by atoms with van der Waals surface area (Å²) in [4.78, 5) is 25.0. The third-order valence-electron chi connectivity index (χ3n) is 4.04. The summed E-state index contributed by atoms with van der Waals surface area (Å²) in [6.45, 7) is 1.87. The third kappa shape index (κ3) is 5.27. The minimum Gasteiger partial charge on any atom is -0.462 e.